The summed E-state index contributed by atoms with van der Waals surface area (Å²) in [6, 6.07) is 17.8. The Morgan fingerprint density at radius 3 is 2.63 bits per heavy atom. The van der Waals surface area contributed by atoms with Crippen molar-refractivity contribution in [2.45, 2.75) is 52.2 Å². The number of unbranched alkanes of at least 4 members (excludes halogenated alkanes) is 1. The highest BCUT2D eigenvalue weighted by Gasteiger charge is 2.18. The lowest BCUT2D eigenvalue weighted by Gasteiger charge is -2.17. The molecule has 0 fully saturated rings. The smallest absolute Gasteiger partial charge is 0.257 e. The fourth-order valence-corrected chi connectivity index (χ4v) is 4.36. The number of hydrogen-bond acceptors (Lipinski definition) is 5. The van der Waals surface area contributed by atoms with Crippen molar-refractivity contribution in [3.63, 3.8) is 0 Å². The van der Waals surface area contributed by atoms with Crippen molar-refractivity contribution in [1.82, 2.24) is 9.55 Å². The van der Waals surface area contributed by atoms with Crippen molar-refractivity contribution in [1.29, 1.82) is 5.26 Å². The number of aromatic nitrogens is 2. The van der Waals surface area contributed by atoms with Crippen LogP contribution in [0.1, 0.15) is 54.4 Å². The van der Waals surface area contributed by atoms with E-state index in [1.165, 1.54) is 0 Å². The lowest BCUT2D eigenvalue weighted by molar-refractivity contribution is 0.263. The molecule has 4 rings (SSSR count). The van der Waals surface area contributed by atoms with Crippen LogP contribution in [0.3, 0.4) is 0 Å². The topological polar surface area (TPSA) is 91.3 Å². The van der Waals surface area contributed by atoms with E-state index in [0.717, 1.165) is 47.4 Å². The molecular formula is C29H30N4O2. The number of hydrogen-bond donors (Lipinski definition) is 1. The summed E-state index contributed by atoms with van der Waals surface area (Å²) in [6.45, 7) is 2.84. The van der Waals surface area contributed by atoms with Gasteiger partial charge < -0.3 is 5.11 Å². The predicted octanol–water partition coefficient (Wildman–Crippen LogP) is 4.61. The Morgan fingerprint density at radius 1 is 1.14 bits per heavy atom. The quantitative estimate of drug-likeness (QED) is 0.499. The van der Waals surface area contributed by atoms with Crippen LogP contribution in [0.5, 0.6) is 0 Å². The molecule has 2 aromatic carbocycles. The van der Waals surface area contributed by atoms with E-state index in [4.69, 9.17) is 4.98 Å². The first-order chi connectivity index (χ1) is 17.1. The molecule has 178 valence electrons. The van der Waals surface area contributed by atoms with Crippen LogP contribution in [-0.2, 0) is 26.0 Å². The van der Waals surface area contributed by atoms with Crippen LogP contribution in [0.25, 0.3) is 11.1 Å². The molecule has 0 saturated heterocycles. The number of benzene rings is 2. The first kappa shape index (κ1) is 24.3. The van der Waals surface area contributed by atoms with E-state index in [1.807, 2.05) is 54.6 Å². The molecule has 1 aliphatic rings. The molecule has 0 unspecified atom stereocenters. The average molecular weight is 467 g/mol. The molecular weight excluding hydrogens is 436 g/mol. The molecule has 0 spiro atoms. The summed E-state index contributed by atoms with van der Waals surface area (Å²) in [7, 11) is 0. The molecule has 1 aromatic heterocycles. The van der Waals surface area contributed by atoms with Crippen molar-refractivity contribution in [2.75, 3.05) is 6.54 Å². The summed E-state index contributed by atoms with van der Waals surface area (Å²) < 4.78 is 1.57. The SMILES string of the molecule is CCCCc1nc(CO)n(CC2=NCCC=C2)c(=O)c1Cc1ccc(-c2ccccc2C#N)cc1. The van der Waals surface area contributed by atoms with Gasteiger partial charge in [0.25, 0.3) is 5.56 Å². The van der Waals surface area contributed by atoms with Crippen molar-refractivity contribution in [3.05, 3.63) is 99.2 Å². The molecule has 2 heterocycles. The Kier molecular flexibility index (Phi) is 8.02. The number of rotatable bonds is 9. The zero-order chi connectivity index (χ0) is 24.6. The van der Waals surface area contributed by atoms with Gasteiger partial charge in [-0.3, -0.25) is 14.4 Å². The molecule has 0 radical (unpaired) electrons. The number of aliphatic imine (C=N–C) groups is 1. The first-order valence-electron chi connectivity index (χ1n) is 12.1. The second-order valence-electron chi connectivity index (χ2n) is 8.70. The summed E-state index contributed by atoms with van der Waals surface area (Å²) in [5.41, 5.74) is 5.62. The van der Waals surface area contributed by atoms with Gasteiger partial charge in [0.05, 0.1) is 29.6 Å². The Bertz CT molecular complexity index is 1340. The molecule has 1 N–H and O–H groups in total. The van der Waals surface area contributed by atoms with Gasteiger partial charge in [0.1, 0.15) is 12.4 Å². The van der Waals surface area contributed by atoms with Gasteiger partial charge in [0.2, 0.25) is 0 Å². The van der Waals surface area contributed by atoms with E-state index >= 15 is 0 Å². The number of aliphatic hydroxyl groups is 1. The van der Waals surface area contributed by atoms with E-state index < -0.39 is 0 Å². The molecule has 0 aliphatic carbocycles. The van der Waals surface area contributed by atoms with Gasteiger partial charge in [0, 0.05) is 18.5 Å². The van der Waals surface area contributed by atoms with Crippen molar-refractivity contribution < 1.29 is 5.11 Å². The van der Waals surface area contributed by atoms with Crippen molar-refractivity contribution in [3.8, 4) is 17.2 Å². The Labute approximate surface area is 205 Å². The number of dihydropyridines is 1. The van der Waals surface area contributed by atoms with Crippen LogP contribution in [0, 0.1) is 11.3 Å². The normalized spacial score (nSPS) is 12.9. The predicted molar refractivity (Wildman–Crippen MR) is 138 cm³/mol. The second kappa shape index (κ2) is 11.5. The molecule has 0 saturated carbocycles. The van der Waals surface area contributed by atoms with E-state index in [0.29, 0.717) is 42.9 Å². The van der Waals surface area contributed by atoms with Gasteiger partial charge >= 0.3 is 0 Å². The Balaban J connectivity index is 1.70. The Morgan fingerprint density at radius 2 is 1.94 bits per heavy atom. The molecule has 35 heavy (non-hydrogen) atoms. The van der Waals surface area contributed by atoms with Crippen molar-refractivity contribution >= 4 is 5.71 Å². The van der Waals surface area contributed by atoms with E-state index in [1.54, 1.807) is 4.57 Å². The fraction of sp³-hybridized carbons (Fsp3) is 0.310. The summed E-state index contributed by atoms with van der Waals surface area (Å²) in [5.74, 6) is 0.384. The number of nitrogens with zero attached hydrogens (tertiary/aromatic N) is 4. The third-order valence-corrected chi connectivity index (χ3v) is 6.27. The first-order valence-corrected chi connectivity index (χ1v) is 12.1. The van der Waals surface area contributed by atoms with E-state index in [-0.39, 0.29) is 12.2 Å². The number of allylic oxidation sites excluding steroid dienone is 1. The van der Waals surface area contributed by atoms with Gasteiger partial charge in [-0.05, 0) is 48.1 Å². The van der Waals surface area contributed by atoms with Crippen LogP contribution < -0.4 is 5.56 Å². The summed E-state index contributed by atoms with van der Waals surface area (Å²) in [6.07, 6.45) is 7.98. The minimum atomic E-state index is -0.293. The highest BCUT2D eigenvalue weighted by atomic mass is 16.3. The van der Waals surface area contributed by atoms with Gasteiger partial charge in [-0.25, -0.2) is 4.98 Å². The Hall–Kier alpha value is -3.82. The van der Waals surface area contributed by atoms with Crippen LogP contribution in [0.4, 0.5) is 0 Å². The molecule has 0 bridgehead atoms. The largest absolute Gasteiger partial charge is 0.388 e. The lowest BCUT2D eigenvalue weighted by Crippen LogP contribution is -2.33. The maximum absolute atomic E-state index is 13.7. The van der Waals surface area contributed by atoms with Crippen LogP contribution in [0.2, 0.25) is 0 Å². The van der Waals surface area contributed by atoms with E-state index in [9.17, 15) is 15.2 Å². The second-order valence-corrected chi connectivity index (χ2v) is 8.70. The standard InChI is InChI=1S/C29H30N4O2/c1-2-3-11-27-26(29(35)33(28(20-34)32-27)19-24-9-6-7-16-31-24)17-21-12-14-22(15-13-21)25-10-5-4-8-23(25)18-30/h4-6,8-10,12-15,34H,2-3,7,11,16-17,19-20H2,1H3. The molecule has 0 amide bonds. The third-order valence-electron chi connectivity index (χ3n) is 6.27. The molecule has 0 atom stereocenters. The average Bonchev–Trinajstić information content (AvgIpc) is 2.91. The number of aliphatic hydroxyl groups excluding tert-OH is 1. The maximum atomic E-state index is 13.7. The van der Waals surface area contributed by atoms with Gasteiger partial charge in [-0.15, -0.1) is 0 Å². The fourth-order valence-electron chi connectivity index (χ4n) is 4.36. The number of nitriles is 1. The zero-order valence-electron chi connectivity index (χ0n) is 20.1. The van der Waals surface area contributed by atoms with Gasteiger partial charge in [-0.1, -0.05) is 61.9 Å². The summed E-state index contributed by atoms with van der Waals surface area (Å²) in [4.78, 5) is 22.9. The van der Waals surface area contributed by atoms with Gasteiger partial charge in [0.15, 0.2) is 0 Å². The van der Waals surface area contributed by atoms with E-state index in [2.05, 4.69) is 24.1 Å². The monoisotopic (exact) mass is 466 g/mol. The summed E-state index contributed by atoms with van der Waals surface area (Å²) in [5, 5.41) is 19.4. The van der Waals surface area contributed by atoms with Gasteiger partial charge in [-0.2, -0.15) is 5.26 Å². The van der Waals surface area contributed by atoms with Crippen LogP contribution in [0.15, 0.2) is 70.5 Å². The number of aryl methyl sites for hydroxylation is 1. The minimum Gasteiger partial charge on any atom is -0.388 e. The lowest BCUT2D eigenvalue weighted by atomic mass is 9.96. The minimum absolute atomic E-state index is 0.115. The zero-order valence-corrected chi connectivity index (χ0v) is 20.1. The maximum Gasteiger partial charge on any atom is 0.257 e. The molecule has 3 aromatic rings. The summed E-state index contributed by atoms with van der Waals surface area (Å²) >= 11 is 0. The van der Waals surface area contributed by atoms with Crippen LogP contribution in [-0.4, -0.2) is 26.9 Å². The third kappa shape index (κ3) is 5.64. The molecule has 6 heteroatoms. The van der Waals surface area contributed by atoms with Crippen molar-refractivity contribution in [2.24, 2.45) is 4.99 Å². The molecule has 6 nitrogen and oxygen atoms in total. The molecule has 1 aliphatic heterocycles. The highest BCUT2D eigenvalue weighted by molar-refractivity contribution is 5.95. The van der Waals surface area contributed by atoms with Crippen LogP contribution >= 0.6 is 0 Å². The highest BCUT2D eigenvalue weighted by Crippen LogP contribution is 2.24.